The van der Waals surface area contributed by atoms with Gasteiger partial charge in [-0.3, -0.25) is 9.59 Å². The molecule has 2 aromatic carbocycles. The van der Waals surface area contributed by atoms with Gasteiger partial charge in [0.1, 0.15) is 6.04 Å². The van der Waals surface area contributed by atoms with Crippen molar-refractivity contribution in [1.82, 2.24) is 10.2 Å². The SMILES string of the molecule is COc1ccc(C(=O)N2CCNC(=O)C2c2cccc(Cl)c2)cc1OC. The second-order valence-corrected chi connectivity index (χ2v) is 6.25. The molecule has 1 atom stereocenters. The van der Waals surface area contributed by atoms with E-state index in [1.807, 2.05) is 0 Å². The first-order chi connectivity index (χ1) is 12.5. The lowest BCUT2D eigenvalue weighted by Gasteiger charge is -2.35. The van der Waals surface area contributed by atoms with Crippen LogP contribution in [0.25, 0.3) is 0 Å². The van der Waals surface area contributed by atoms with Crippen LogP contribution in [-0.4, -0.2) is 44.0 Å². The fourth-order valence-electron chi connectivity index (χ4n) is 3.03. The molecule has 0 spiro atoms. The van der Waals surface area contributed by atoms with Crippen molar-refractivity contribution in [3.8, 4) is 11.5 Å². The van der Waals surface area contributed by atoms with Crippen LogP contribution >= 0.6 is 11.6 Å². The minimum absolute atomic E-state index is 0.229. The summed E-state index contributed by atoms with van der Waals surface area (Å²) in [4.78, 5) is 27.1. The molecule has 0 aromatic heterocycles. The van der Waals surface area contributed by atoms with Gasteiger partial charge in [-0.2, -0.15) is 0 Å². The first kappa shape index (κ1) is 18.1. The summed E-state index contributed by atoms with van der Waals surface area (Å²) in [5.41, 5.74) is 1.09. The van der Waals surface area contributed by atoms with Crippen molar-refractivity contribution in [1.29, 1.82) is 0 Å². The number of rotatable bonds is 4. The van der Waals surface area contributed by atoms with E-state index >= 15 is 0 Å². The number of amides is 2. The Hall–Kier alpha value is -2.73. The molecule has 136 valence electrons. The minimum Gasteiger partial charge on any atom is -0.493 e. The maximum Gasteiger partial charge on any atom is 0.255 e. The summed E-state index contributed by atoms with van der Waals surface area (Å²) in [6.07, 6.45) is 0. The number of nitrogens with one attached hydrogen (secondary N) is 1. The van der Waals surface area contributed by atoms with Crippen LogP contribution in [0.5, 0.6) is 11.5 Å². The zero-order valence-corrected chi connectivity index (χ0v) is 15.2. The Labute approximate surface area is 156 Å². The number of hydrogen-bond donors (Lipinski definition) is 1. The van der Waals surface area contributed by atoms with E-state index < -0.39 is 6.04 Å². The maximum absolute atomic E-state index is 13.1. The quantitative estimate of drug-likeness (QED) is 0.893. The van der Waals surface area contributed by atoms with Crippen LogP contribution < -0.4 is 14.8 Å². The summed E-state index contributed by atoms with van der Waals surface area (Å²) in [7, 11) is 3.04. The van der Waals surface area contributed by atoms with Crippen molar-refractivity contribution < 1.29 is 19.1 Å². The van der Waals surface area contributed by atoms with Gasteiger partial charge in [-0.05, 0) is 35.9 Å². The van der Waals surface area contributed by atoms with Crippen LogP contribution in [0.1, 0.15) is 22.0 Å². The van der Waals surface area contributed by atoms with Gasteiger partial charge in [0.2, 0.25) is 5.91 Å². The summed E-state index contributed by atoms with van der Waals surface area (Å²) in [5, 5.41) is 3.32. The molecule has 1 aliphatic heterocycles. The zero-order chi connectivity index (χ0) is 18.7. The molecule has 0 saturated carbocycles. The number of piperazine rings is 1. The highest BCUT2D eigenvalue weighted by atomic mass is 35.5. The van der Waals surface area contributed by atoms with E-state index in [2.05, 4.69) is 5.32 Å². The van der Waals surface area contributed by atoms with Gasteiger partial charge in [0.25, 0.3) is 5.91 Å². The molecule has 1 heterocycles. The lowest BCUT2D eigenvalue weighted by atomic mass is 10.0. The summed E-state index contributed by atoms with van der Waals surface area (Å²) in [6.45, 7) is 0.797. The van der Waals surface area contributed by atoms with E-state index in [1.165, 1.54) is 14.2 Å². The van der Waals surface area contributed by atoms with Crippen LogP contribution in [0, 0.1) is 0 Å². The third-order valence-corrected chi connectivity index (χ3v) is 4.50. The number of carbonyl (C=O) groups excluding carboxylic acids is 2. The Morgan fingerprint density at radius 3 is 2.62 bits per heavy atom. The van der Waals surface area contributed by atoms with Crippen LogP contribution in [0.4, 0.5) is 0 Å². The average Bonchev–Trinajstić information content (AvgIpc) is 2.66. The molecule has 6 nitrogen and oxygen atoms in total. The molecular weight excluding hydrogens is 356 g/mol. The summed E-state index contributed by atoms with van der Waals surface area (Å²) < 4.78 is 10.5. The lowest BCUT2D eigenvalue weighted by Crippen LogP contribution is -2.52. The largest absolute Gasteiger partial charge is 0.493 e. The first-order valence-electron chi connectivity index (χ1n) is 8.11. The van der Waals surface area contributed by atoms with Gasteiger partial charge in [-0.1, -0.05) is 23.7 Å². The fraction of sp³-hybridized carbons (Fsp3) is 0.263. The summed E-state index contributed by atoms with van der Waals surface area (Å²) in [5.74, 6) is 0.504. The standard InChI is InChI=1S/C19H19ClN2O4/c1-25-15-7-6-13(11-16(15)26-2)19(24)22-9-8-21-18(23)17(22)12-4-3-5-14(20)10-12/h3-7,10-11,17H,8-9H2,1-2H3,(H,21,23). The smallest absolute Gasteiger partial charge is 0.255 e. The van der Waals surface area contributed by atoms with E-state index in [4.69, 9.17) is 21.1 Å². The van der Waals surface area contributed by atoms with Crippen molar-refractivity contribution >= 4 is 23.4 Å². The molecule has 26 heavy (non-hydrogen) atoms. The lowest BCUT2D eigenvalue weighted by molar-refractivity contribution is -0.128. The van der Waals surface area contributed by atoms with E-state index in [1.54, 1.807) is 47.4 Å². The zero-order valence-electron chi connectivity index (χ0n) is 14.5. The predicted molar refractivity (Wildman–Crippen MR) is 97.8 cm³/mol. The van der Waals surface area contributed by atoms with Crippen molar-refractivity contribution in [3.05, 3.63) is 58.6 Å². The third-order valence-electron chi connectivity index (χ3n) is 4.27. The van der Waals surface area contributed by atoms with Crippen LogP contribution in [0.3, 0.4) is 0 Å². The molecule has 0 radical (unpaired) electrons. The van der Waals surface area contributed by atoms with Gasteiger partial charge >= 0.3 is 0 Å². The minimum atomic E-state index is -0.733. The Morgan fingerprint density at radius 1 is 1.15 bits per heavy atom. The number of nitrogens with zero attached hydrogens (tertiary/aromatic N) is 1. The number of benzene rings is 2. The highest BCUT2D eigenvalue weighted by Gasteiger charge is 2.35. The van der Waals surface area contributed by atoms with E-state index in [-0.39, 0.29) is 11.8 Å². The Bertz CT molecular complexity index is 840. The van der Waals surface area contributed by atoms with Crippen molar-refractivity contribution in [2.24, 2.45) is 0 Å². The van der Waals surface area contributed by atoms with Gasteiger partial charge in [-0.25, -0.2) is 0 Å². The topological polar surface area (TPSA) is 67.9 Å². The van der Waals surface area contributed by atoms with Gasteiger partial charge in [-0.15, -0.1) is 0 Å². The molecule has 0 aliphatic carbocycles. The number of hydrogen-bond acceptors (Lipinski definition) is 4. The monoisotopic (exact) mass is 374 g/mol. The molecule has 7 heteroatoms. The molecule has 1 aliphatic rings. The van der Waals surface area contributed by atoms with Crippen LogP contribution in [0.15, 0.2) is 42.5 Å². The first-order valence-corrected chi connectivity index (χ1v) is 8.49. The summed E-state index contributed by atoms with van der Waals surface area (Å²) in [6, 6.07) is 11.2. The van der Waals surface area contributed by atoms with Gasteiger partial charge in [0.05, 0.1) is 14.2 Å². The number of ether oxygens (including phenoxy) is 2. The maximum atomic E-state index is 13.1. The van der Waals surface area contributed by atoms with Gasteiger partial charge < -0.3 is 19.7 Å². The van der Waals surface area contributed by atoms with Gasteiger partial charge in [0, 0.05) is 23.7 Å². The second-order valence-electron chi connectivity index (χ2n) is 5.82. The van der Waals surface area contributed by atoms with Crippen molar-refractivity contribution in [2.75, 3.05) is 27.3 Å². The van der Waals surface area contributed by atoms with E-state index in [0.29, 0.717) is 40.7 Å². The Balaban J connectivity index is 1.97. The predicted octanol–water partition coefficient (Wildman–Crippen LogP) is 2.67. The molecule has 1 saturated heterocycles. The normalized spacial score (nSPS) is 16.8. The molecule has 2 amide bonds. The Kier molecular flexibility index (Phi) is 5.32. The Morgan fingerprint density at radius 2 is 1.92 bits per heavy atom. The van der Waals surface area contributed by atoms with E-state index in [0.717, 1.165) is 0 Å². The molecule has 1 unspecified atom stereocenters. The molecule has 1 N–H and O–H groups in total. The summed E-state index contributed by atoms with van der Waals surface area (Å²) >= 11 is 6.06. The average molecular weight is 375 g/mol. The highest BCUT2D eigenvalue weighted by Crippen LogP contribution is 2.31. The third kappa shape index (κ3) is 3.46. The van der Waals surface area contributed by atoms with Crippen LogP contribution in [-0.2, 0) is 4.79 Å². The second kappa shape index (κ2) is 7.66. The van der Waals surface area contributed by atoms with E-state index in [9.17, 15) is 9.59 Å². The van der Waals surface area contributed by atoms with Crippen LogP contribution in [0.2, 0.25) is 5.02 Å². The molecule has 0 bridgehead atoms. The number of carbonyl (C=O) groups is 2. The van der Waals surface area contributed by atoms with Crippen molar-refractivity contribution in [3.63, 3.8) is 0 Å². The molecule has 2 aromatic rings. The van der Waals surface area contributed by atoms with Gasteiger partial charge in [0.15, 0.2) is 11.5 Å². The number of methoxy groups -OCH3 is 2. The molecular formula is C19H19ClN2O4. The van der Waals surface area contributed by atoms with Crippen molar-refractivity contribution in [2.45, 2.75) is 6.04 Å². The fourth-order valence-corrected chi connectivity index (χ4v) is 3.23. The highest BCUT2D eigenvalue weighted by molar-refractivity contribution is 6.30. The molecule has 1 fully saturated rings. The number of halogens is 1. The molecule has 3 rings (SSSR count).